The van der Waals surface area contributed by atoms with E-state index >= 15 is 0 Å². The van der Waals surface area contributed by atoms with E-state index in [1.807, 2.05) is 12.1 Å². The smallest absolute Gasteiger partial charge is 0.187 e. The van der Waals surface area contributed by atoms with Gasteiger partial charge in [-0.25, -0.2) is 0 Å². The zero-order valence-electron chi connectivity index (χ0n) is 14.4. The van der Waals surface area contributed by atoms with Crippen LogP contribution in [0.15, 0.2) is 89.3 Å². The Bertz CT molecular complexity index is 1180. The number of halogens is 1. The summed E-state index contributed by atoms with van der Waals surface area (Å²) < 4.78 is 15.1. The van der Waals surface area contributed by atoms with Gasteiger partial charge in [-0.3, -0.25) is 0 Å². The van der Waals surface area contributed by atoms with Crippen molar-refractivity contribution in [1.29, 1.82) is 0 Å². The van der Waals surface area contributed by atoms with Crippen molar-refractivity contribution in [3.8, 4) is 10.6 Å². The van der Waals surface area contributed by atoms with Crippen molar-refractivity contribution in [3.05, 3.63) is 94.5 Å². The summed E-state index contributed by atoms with van der Waals surface area (Å²) in [5.74, 6) is 1.69. The predicted octanol–water partition coefficient (Wildman–Crippen LogP) is 7.51. The van der Waals surface area contributed by atoms with Crippen LogP contribution in [0.1, 0.15) is 5.76 Å². The number of furan rings is 1. The Hall–Kier alpha value is -2.31. The Balaban J connectivity index is 1.51. The monoisotopic (exact) mass is 483 g/mol. The lowest BCUT2D eigenvalue weighted by Crippen LogP contribution is -1.93. The van der Waals surface area contributed by atoms with Gasteiger partial charge in [0.05, 0.1) is 0 Å². The predicted molar refractivity (Wildman–Crippen MR) is 121 cm³/mol. The van der Waals surface area contributed by atoms with Crippen molar-refractivity contribution in [1.82, 2.24) is 0 Å². The van der Waals surface area contributed by atoms with E-state index in [1.165, 1.54) is 25.1 Å². The molecular weight excluding hydrogens is 467 g/mol. The number of fused-ring (bicyclic) bond motifs is 3. The van der Waals surface area contributed by atoms with Gasteiger partial charge < -0.3 is 9.15 Å². The van der Waals surface area contributed by atoms with Crippen LogP contribution in [0.5, 0.6) is 5.75 Å². The molecule has 0 atom stereocenters. The third-order valence-corrected chi connectivity index (χ3v) is 7.49. The van der Waals surface area contributed by atoms with Gasteiger partial charge in [0.2, 0.25) is 0 Å². The van der Waals surface area contributed by atoms with Gasteiger partial charge in [0, 0.05) is 33.4 Å². The second-order valence-corrected chi connectivity index (χ2v) is 9.29. The molecule has 2 nitrogen and oxygen atoms in total. The summed E-state index contributed by atoms with van der Waals surface area (Å²) in [6.07, 6.45) is 0. The largest absolute Gasteiger partial charge is 0.486 e. The van der Waals surface area contributed by atoms with Gasteiger partial charge in [0.15, 0.2) is 18.1 Å². The topological polar surface area (TPSA) is 22.4 Å². The summed E-state index contributed by atoms with van der Waals surface area (Å²) in [5, 5.41) is 2.70. The van der Waals surface area contributed by atoms with Crippen LogP contribution in [-0.4, -0.2) is 0 Å². The summed E-state index contributed by atoms with van der Waals surface area (Å²) in [5.41, 5.74) is 0. The van der Waals surface area contributed by atoms with Gasteiger partial charge in [0.25, 0.3) is 0 Å². The molecule has 0 aliphatic rings. The van der Waals surface area contributed by atoms with E-state index in [0.29, 0.717) is 6.61 Å². The molecule has 0 fully saturated rings. The number of thiophene rings is 1. The highest BCUT2D eigenvalue weighted by atomic mass is 127. The van der Waals surface area contributed by atoms with Gasteiger partial charge in [-0.15, -0.1) is 0 Å². The van der Waals surface area contributed by atoms with E-state index < -0.39 is 0 Å². The van der Waals surface area contributed by atoms with Gasteiger partial charge in [-0.2, -0.15) is 0 Å². The molecule has 0 aliphatic heterocycles. The quantitative estimate of drug-likeness (QED) is 0.195. The molecular formula is C23H16IO2S+. The summed E-state index contributed by atoms with van der Waals surface area (Å²) in [7, 11) is -0.0605. The molecule has 0 unspecified atom stereocenters. The van der Waals surface area contributed by atoms with Crippen molar-refractivity contribution in [2.75, 3.05) is 0 Å². The molecule has 0 saturated heterocycles. The van der Waals surface area contributed by atoms with Crippen molar-refractivity contribution >= 4 is 53.2 Å². The minimum absolute atomic E-state index is 0.0605. The Morgan fingerprint density at radius 2 is 1.37 bits per heavy atom. The van der Waals surface area contributed by atoms with E-state index in [9.17, 15) is 0 Å². The second kappa shape index (κ2) is 7.02. The molecule has 0 amide bonds. The minimum atomic E-state index is -0.0605. The summed E-state index contributed by atoms with van der Waals surface area (Å²) in [6.45, 7) is 0.444. The first-order valence-electron chi connectivity index (χ1n) is 8.69. The van der Waals surface area contributed by atoms with Crippen molar-refractivity contribution in [2.24, 2.45) is 0 Å². The highest BCUT2D eigenvalue weighted by Crippen LogP contribution is 2.48. The molecule has 0 aliphatic carbocycles. The second-order valence-electron chi connectivity index (χ2n) is 6.26. The fourth-order valence-corrected chi connectivity index (χ4v) is 6.20. The van der Waals surface area contributed by atoms with Crippen LogP contribution < -0.4 is 4.74 Å². The van der Waals surface area contributed by atoms with Gasteiger partial charge in [-0.05, 0) is 71.1 Å². The van der Waals surface area contributed by atoms with Gasteiger partial charge in [0.1, 0.15) is 18.1 Å². The van der Waals surface area contributed by atoms with Crippen LogP contribution in [0.2, 0.25) is 0 Å². The fourth-order valence-electron chi connectivity index (χ4n) is 3.36. The number of hydrogen-bond acceptors (Lipinski definition) is 2. The molecule has 2 heterocycles. The van der Waals surface area contributed by atoms with Gasteiger partial charge >= 0.3 is 0 Å². The SMILES string of the molecule is Ic1ccc(COc2ccc(-[s+]3c4ccccc4c4ccccc43)cc2)o1. The Labute approximate surface area is 173 Å². The number of rotatable bonds is 4. The zero-order chi connectivity index (χ0) is 18.2. The first-order valence-corrected chi connectivity index (χ1v) is 11.0. The normalized spacial score (nSPS) is 11.3. The fraction of sp³-hybridized carbons (Fsp3) is 0.0435. The van der Waals surface area contributed by atoms with Crippen molar-refractivity contribution in [2.45, 2.75) is 6.61 Å². The average Bonchev–Trinajstić information content (AvgIpc) is 3.28. The van der Waals surface area contributed by atoms with Crippen molar-refractivity contribution in [3.63, 3.8) is 0 Å². The molecule has 3 aromatic carbocycles. The standard InChI is InChI=1S/C23H16IO2S/c24-23-14-11-17(26-23)15-25-16-9-12-18(13-10-16)27-21-7-3-1-5-19(21)20-6-2-4-8-22(20)27/h1-14H,15H2/q+1. The molecule has 5 rings (SSSR count). The lowest BCUT2D eigenvalue weighted by atomic mass is 10.2. The molecule has 4 heteroatoms. The van der Waals surface area contributed by atoms with Crippen LogP contribution in [-0.2, 0) is 6.61 Å². The van der Waals surface area contributed by atoms with E-state index in [-0.39, 0.29) is 10.5 Å². The molecule has 132 valence electrons. The van der Waals surface area contributed by atoms with Crippen LogP contribution >= 0.6 is 33.1 Å². The summed E-state index contributed by atoms with van der Waals surface area (Å²) in [6, 6.07) is 29.8. The molecule has 0 saturated carbocycles. The first-order chi connectivity index (χ1) is 13.3. The van der Waals surface area contributed by atoms with Crippen LogP contribution in [0.3, 0.4) is 0 Å². The number of benzene rings is 3. The molecule has 2 aromatic heterocycles. The Kier molecular flexibility index (Phi) is 4.38. The van der Waals surface area contributed by atoms with Gasteiger partial charge in [-0.1, -0.05) is 24.3 Å². The summed E-state index contributed by atoms with van der Waals surface area (Å²) >= 11 is 2.16. The zero-order valence-corrected chi connectivity index (χ0v) is 17.4. The maximum Gasteiger partial charge on any atom is 0.187 e. The van der Waals surface area contributed by atoms with E-state index in [1.54, 1.807) is 0 Å². The van der Waals surface area contributed by atoms with Crippen molar-refractivity contribution < 1.29 is 9.15 Å². The lowest BCUT2D eigenvalue weighted by molar-refractivity contribution is 0.267. The highest BCUT2D eigenvalue weighted by molar-refractivity contribution is 14.1. The Morgan fingerprint density at radius 1 is 0.741 bits per heavy atom. The maximum absolute atomic E-state index is 5.87. The lowest BCUT2D eigenvalue weighted by Gasteiger charge is -2.03. The molecule has 5 aromatic rings. The highest BCUT2D eigenvalue weighted by Gasteiger charge is 2.22. The Morgan fingerprint density at radius 3 is 1.96 bits per heavy atom. The average molecular weight is 483 g/mol. The van der Waals surface area contributed by atoms with Crippen LogP contribution in [0.25, 0.3) is 25.1 Å². The van der Waals surface area contributed by atoms with Crippen LogP contribution in [0, 0.1) is 3.77 Å². The molecule has 0 spiro atoms. The third kappa shape index (κ3) is 3.13. The van der Waals surface area contributed by atoms with E-state index in [4.69, 9.17) is 9.15 Å². The minimum Gasteiger partial charge on any atom is -0.486 e. The maximum atomic E-state index is 5.87. The molecule has 27 heavy (non-hydrogen) atoms. The number of hydrogen-bond donors (Lipinski definition) is 0. The molecule has 0 bridgehead atoms. The summed E-state index contributed by atoms with van der Waals surface area (Å²) in [4.78, 5) is 1.31. The van der Waals surface area contributed by atoms with E-state index in [0.717, 1.165) is 15.3 Å². The van der Waals surface area contributed by atoms with Crippen LogP contribution in [0.4, 0.5) is 0 Å². The molecule has 0 radical (unpaired) electrons. The third-order valence-electron chi connectivity index (χ3n) is 4.57. The molecule has 0 N–H and O–H groups in total. The van der Waals surface area contributed by atoms with E-state index in [2.05, 4.69) is 95.4 Å². The first kappa shape index (κ1) is 16.8. The number of ether oxygens (including phenoxy) is 1.